The molecule has 3 atom stereocenters. The van der Waals surface area contributed by atoms with Gasteiger partial charge in [0.25, 0.3) is 15.9 Å². The van der Waals surface area contributed by atoms with Gasteiger partial charge in [-0.25, -0.2) is 13.4 Å². The lowest BCUT2D eigenvalue weighted by Crippen LogP contribution is -2.56. The molecule has 5 heterocycles. The molecule has 0 bridgehead atoms. The van der Waals surface area contributed by atoms with Crippen LogP contribution in [0.5, 0.6) is 0 Å². The van der Waals surface area contributed by atoms with Crippen LogP contribution < -0.4 is 10.0 Å². The lowest BCUT2D eigenvalue weighted by Gasteiger charge is -2.40. The van der Waals surface area contributed by atoms with E-state index in [9.17, 15) is 17.4 Å². The molecule has 1 fully saturated rings. The lowest BCUT2D eigenvalue weighted by molar-refractivity contribution is 0.0513. The zero-order valence-electron chi connectivity index (χ0n) is 20.8. The largest absolute Gasteiger partial charge is 0.436 e. The minimum Gasteiger partial charge on any atom is -0.436 e. The van der Waals surface area contributed by atoms with Crippen LogP contribution in [0.25, 0.3) is 10.1 Å². The first-order chi connectivity index (χ1) is 18.7. The number of nitrogens with zero attached hydrogens (tertiary/aromatic N) is 4. The van der Waals surface area contributed by atoms with E-state index in [0.29, 0.717) is 42.4 Å². The molecule has 0 spiro atoms. The van der Waals surface area contributed by atoms with Crippen molar-refractivity contribution in [3.63, 3.8) is 0 Å². The van der Waals surface area contributed by atoms with Crippen LogP contribution in [0.2, 0.25) is 5.02 Å². The first-order valence-electron chi connectivity index (χ1n) is 12.3. The molecule has 1 saturated heterocycles. The summed E-state index contributed by atoms with van der Waals surface area (Å²) in [6.07, 6.45) is 1.31. The molecule has 16 heteroatoms. The number of rotatable bonds is 6. The number of oxazole rings is 1. The van der Waals surface area contributed by atoms with E-state index in [0.717, 1.165) is 27.1 Å². The number of benzene rings is 1. The number of nitrogens with one attached hydrogen (secondary N) is 2. The second kappa shape index (κ2) is 10.4. The second-order valence-electron chi connectivity index (χ2n) is 9.63. The predicted molar refractivity (Wildman–Crippen MR) is 146 cm³/mol. The van der Waals surface area contributed by atoms with Gasteiger partial charge in [-0.2, -0.15) is 8.51 Å². The van der Waals surface area contributed by atoms with E-state index in [1.54, 1.807) is 29.2 Å². The summed E-state index contributed by atoms with van der Waals surface area (Å²) in [4.78, 5) is 19.7. The molecule has 3 aliphatic rings. The highest BCUT2D eigenvalue weighted by atomic mass is 35.5. The Morgan fingerprint density at radius 3 is 2.95 bits per heavy atom. The van der Waals surface area contributed by atoms with Gasteiger partial charge in [0.2, 0.25) is 0 Å². The number of carbonyl (C=O) groups is 1. The number of halogens is 1. The number of fused-ring (bicyclic) bond motifs is 2. The number of amides is 1. The van der Waals surface area contributed by atoms with E-state index in [-0.39, 0.29) is 35.8 Å². The Morgan fingerprint density at radius 1 is 1.31 bits per heavy atom. The minimum atomic E-state index is -3.83. The monoisotopic (exact) mass is 612 g/mol. The maximum absolute atomic E-state index is 13.7. The molecule has 6 rings (SSSR count). The maximum Gasteiger partial charge on any atom is 0.338 e. The van der Waals surface area contributed by atoms with Gasteiger partial charge in [-0.1, -0.05) is 22.8 Å². The molecule has 3 aliphatic heterocycles. The van der Waals surface area contributed by atoms with E-state index >= 15 is 0 Å². The summed E-state index contributed by atoms with van der Waals surface area (Å²) in [6, 6.07) is 6.62. The molecule has 208 valence electrons. The molecule has 2 N–H and O–H groups in total. The van der Waals surface area contributed by atoms with Crippen molar-refractivity contribution in [2.24, 2.45) is 5.16 Å². The van der Waals surface area contributed by atoms with Crippen molar-refractivity contribution in [1.82, 2.24) is 24.2 Å². The number of hydrogen-bond acceptors (Lipinski definition) is 10. The van der Waals surface area contributed by atoms with Gasteiger partial charge < -0.3 is 14.6 Å². The number of thiophene rings is 1. The average molecular weight is 613 g/mol. The summed E-state index contributed by atoms with van der Waals surface area (Å²) in [6.45, 7) is 2.87. The summed E-state index contributed by atoms with van der Waals surface area (Å²) < 4.78 is 54.3. The number of carbonyl (C=O) groups excluding carboxylic acids is 1. The number of piperazine rings is 1. The van der Waals surface area contributed by atoms with Crippen LogP contribution >= 0.6 is 22.9 Å². The molecule has 1 aromatic carbocycles. The molecule has 0 saturated carbocycles. The van der Waals surface area contributed by atoms with Gasteiger partial charge in [-0.05, 0) is 36.9 Å². The van der Waals surface area contributed by atoms with Crippen LogP contribution in [0.3, 0.4) is 0 Å². The van der Waals surface area contributed by atoms with Gasteiger partial charge in [0, 0.05) is 54.3 Å². The second-order valence-corrected chi connectivity index (χ2v) is 14.1. The highest BCUT2D eigenvalue weighted by molar-refractivity contribution is 7.91. The van der Waals surface area contributed by atoms with E-state index in [1.165, 1.54) is 4.31 Å². The summed E-state index contributed by atoms with van der Waals surface area (Å²) in [5.41, 5.74) is 0.761. The molecule has 2 aromatic heterocycles. The third-order valence-corrected chi connectivity index (χ3v) is 11.2. The van der Waals surface area contributed by atoms with Crippen molar-refractivity contribution in [2.45, 2.75) is 49.0 Å². The third-order valence-electron chi connectivity index (χ3n) is 6.96. The Labute approximate surface area is 236 Å². The summed E-state index contributed by atoms with van der Waals surface area (Å²) in [7, 11) is -3.83. The molecule has 39 heavy (non-hydrogen) atoms. The summed E-state index contributed by atoms with van der Waals surface area (Å²) in [5.74, 6) is 0.619. The van der Waals surface area contributed by atoms with Crippen LogP contribution in [0.15, 0.2) is 38.0 Å². The van der Waals surface area contributed by atoms with Crippen LogP contribution in [-0.4, -0.2) is 70.3 Å². The van der Waals surface area contributed by atoms with Crippen LogP contribution in [-0.2, 0) is 38.5 Å². The molecule has 12 nitrogen and oxygen atoms in total. The van der Waals surface area contributed by atoms with Crippen molar-refractivity contribution >= 4 is 66.1 Å². The van der Waals surface area contributed by atoms with E-state index in [1.807, 2.05) is 6.92 Å². The normalized spacial score (nSPS) is 23.8. The van der Waals surface area contributed by atoms with Gasteiger partial charge in [0.1, 0.15) is 9.97 Å². The van der Waals surface area contributed by atoms with Crippen molar-refractivity contribution < 1.29 is 26.1 Å². The molecule has 1 amide bonds. The number of oxime groups is 1. The Kier molecular flexibility index (Phi) is 7.14. The molecule has 0 radical (unpaired) electrons. The van der Waals surface area contributed by atoms with E-state index in [2.05, 4.69) is 20.2 Å². The number of sulfonamides is 1. The van der Waals surface area contributed by atoms with Gasteiger partial charge in [-0.15, -0.1) is 11.3 Å². The summed E-state index contributed by atoms with van der Waals surface area (Å²) in [5, 5.41) is 8.37. The minimum absolute atomic E-state index is 0.000591. The lowest BCUT2D eigenvalue weighted by atomic mass is 10.1. The molecular weight excluding hydrogens is 588 g/mol. The van der Waals surface area contributed by atoms with Crippen LogP contribution in [0.1, 0.15) is 41.9 Å². The zero-order chi connectivity index (χ0) is 27.3. The Bertz CT molecular complexity index is 1600. The van der Waals surface area contributed by atoms with Gasteiger partial charge in [0.15, 0.2) is 5.84 Å². The zero-order valence-corrected chi connectivity index (χ0v) is 24.0. The molecule has 3 aromatic rings. The van der Waals surface area contributed by atoms with Crippen molar-refractivity contribution in [1.29, 1.82) is 0 Å². The number of hydrogen-bond donors (Lipinski definition) is 2. The van der Waals surface area contributed by atoms with Crippen LogP contribution in [0.4, 0.5) is 0 Å². The predicted octanol–water partition coefficient (Wildman–Crippen LogP) is 2.38. The summed E-state index contributed by atoms with van der Waals surface area (Å²) >= 11 is 5.52. The third kappa shape index (κ3) is 5.30. The smallest absolute Gasteiger partial charge is 0.338 e. The molecule has 3 unspecified atom stereocenters. The topological polar surface area (TPSA) is 146 Å². The highest BCUT2D eigenvalue weighted by Gasteiger charge is 2.39. The van der Waals surface area contributed by atoms with Crippen molar-refractivity contribution in [3.05, 3.63) is 46.6 Å². The van der Waals surface area contributed by atoms with Gasteiger partial charge in [-0.3, -0.25) is 13.8 Å². The number of aromatic nitrogens is 1. The first kappa shape index (κ1) is 26.7. The Morgan fingerprint density at radius 2 is 2.15 bits per heavy atom. The standard InChI is InChI=1S/C23H25ClN6O6S3/c1-13-8-17-18(11-25-13)35-22(26-17)23(31)30-7-6-29(12-16(30)4-5-20-27-36-38(32)28-20)39(33,34)21-9-14-2-3-15(24)10-19(14)37-21/h2-3,9-10,13,16,25H,4-8,11-12H2,1H3,(H,27,28). The number of amidine groups is 1. The Hall–Kier alpha value is -2.56. The fourth-order valence-corrected chi connectivity index (χ4v) is 8.76. The van der Waals surface area contributed by atoms with E-state index < -0.39 is 33.2 Å². The van der Waals surface area contributed by atoms with Crippen molar-refractivity contribution in [3.8, 4) is 0 Å². The quantitative estimate of drug-likeness (QED) is 0.431. The highest BCUT2D eigenvalue weighted by Crippen LogP contribution is 2.34. The maximum atomic E-state index is 13.7. The van der Waals surface area contributed by atoms with Crippen LogP contribution in [0, 0.1) is 0 Å². The SMILES string of the molecule is CC1Cc2nc(C(=O)N3CCN(S(=O)(=O)c4cc5ccc(Cl)cc5s4)CC3CCC3=NOS(=O)N3)oc2CN1. The fraction of sp³-hybridized carbons (Fsp3) is 0.435. The molecular formula is C23H25ClN6O6S3. The van der Waals surface area contributed by atoms with Crippen molar-refractivity contribution in [2.75, 3.05) is 19.6 Å². The average Bonchev–Trinajstić information content (AvgIpc) is 3.64. The van der Waals surface area contributed by atoms with E-state index in [4.69, 9.17) is 20.3 Å². The molecule has 0 aliphatic carbocycles. The fourth-order valence-electron chi connectivity index (χ4n) is 4.93. The van der Waals surface area contributed by atoms with Gasteiger partial charge >= 0.3 is 17.2 Å². The van der Waals surface area contributed by atoms with Gasteiger partial charge in [0.05, 0.1) is 12.2 Å². The first-order valence-corrected chi connectivity index (χ1v) is 16.0. The Balaban J connectivity index is 1.25.